The fourth-order valence-corrected chi connectivity index (χ4v) is 2.60. The molecule has 0 aromatic carbocycles. The Bertz CT molecular complexity index is 292. The normalized spacial score (nSPS) is 22.3. The first kappa shape index (κ1) is 12.2. The van der Waals surface area contributed by atoms with Crippen LogP contribution >= 0.6 is 35.3 Å². The molecule has 2 heterocycles. The summed E-state index contributed by atoms with van der Waals surface area (Å²) in [5, 5.41) is 0. The van der Waals surface area contributed by atoms with Crippen molar-refractivity contribution in [3.8, 4) is 0 Å². The van der Waals surface area contributed by atoms with Crippen LogP contribution in [0.2, 0.25) is 4.47 Å². The molecular weight excluding hydrogens is 241 g/mol. The quantitative estimate of drug-likeness (QED) is 0.874. The van der Waals surface area contributed by atoms with Gasteiger partial charge in [0, 0.05) is 36.8 Å². The largest absolute Gasteiger partial charge is 0.326 e. The summed E-state index contributed by atoms with van der Waals surface area (Å²) in [5.41, 5.74) is 5.80. The smallest absolute Gasteiger partial charge is 0.183 e. The lowest BCUT2D eigenvalue weighted by atomic mass is 10.3. The molecule has 80 valence electrons. The van der Waals surface area contributed by atoms with Crippen LogP contribution in [0.25, 0.3) is 0 Å². The molecule has 1 unspecified atom stereocenters. The molecule has 14 heavy (non-hydrogen) atoms. The molecule has 1 aliphatic heterocycles. The lowest BCUT2D eigenvalue weighted by Crippen LogP contribution is -2.25. The second-order valence-electron chi connectivity index (χ2n) is 3.36. The summed E-state index contributed by atoms with van der Waals surface area (Å²) in [6, 6.07) is 0.350. The van der Waals surface area contributed by atoms with Crippen LogP contribution in [0.3, 0.4) is 0 Å². The van der Waals surface area contributed by atoms with Gasteiger partial charge in [0.2, 0.25) is 0 Å². The standard InChI is InChI=1S/C8H12ClN3S.ClH/c9-8-11-3-7(13-8)5-12-2-1-6(10)4-12;/h3,6H,1-2,4-5,10H2;1H. The summed E-state index contributed by atoms with van der Waals surface area (Å²) in [6.45, 7) is 3.03. The maximum absolute atomic E-state index is 5.80. The van der Waals surface area contributed by atoms with E-state index in [1.807, 2.05) is 6.20 Å². The minimum Gasteiger partial charge on any atom is -0.326 e. The number of aromatic nitrogens is 1. The van der Waals surface area contributed by atoms with Crippen molar-refractivity contribution in [2.24, 2.45) is 5.73 Å². The maximum atomic E-state index is 5.80. The summed E-state index contributed by atoms with van der Waals surface area (Å²) in [6.07, 6.45) is 2.95. The fraction of sp³-hybridized carbons (Fsp3) is 0.625. The predicted octanol–water partition coefficient (Wildman–Crippen LogP) is 1.75. The van der Waals surface area contributed by atoms with Crippen LogP contribution in [0.1, 0.15) is 11.3 Å². The van der Waals surface area contributed by atoms with Crippen molar-refractivity contribution in [1.29, 1.82) is 0 Å². The molecule has 1 aliphatic rings. The first-order chi connectivity index (χ1) is 6.24. The molecule has 1 aromatic rings. The van der Waals surface area contributed by atoms with Gasteiger partial charge in [0.05, 0.1) is 0 Å². The highest BCUT2D eigenvalue weighted by molar-refractivity contribution is 7.15. The van der Waals surface area contributed by atoms with Gasteiger partial charge in [-0.3, -0.25) is 4.90 Å². The zero-order valence-corrected chi connectivity index (χ0v) is 10.0. The van der Waals surface area contributed by atoms with E-state index in [9.17, 15) is 0 Å². The Hall–Kier alpha value is 0.130. The molecule has 0 amide bonds. The summed E-state index contributed by atoms with van der Waals surface area (Å²) < 4.78 is 0.624. The number of rotatable bonds is 2. The van der Waals surface area contributed by atoms with E-state index in [4.69, 9.17) is 17.3 Å². The topological polar surface area (TPSA) is 42.1 Å². The van der Waals surface area contributed by atoms with Crippen LogP contribution in [-0.4, -0.2) is 29.0 Å². The number of hydrogen-bond donors (Lipinski definition) is 1. The third kappa shape index (κ3) is 3.07. The highest BCUT2D eigenvalue weighted by Gasteiger charge is 2.19. The summed E-state index contributed by atoms with van der Waals surface area (Å²) in [7, 11) is 0. The second-order valence-corrected chi connectivity index (χ2v) is 5.06. The second kappa shape index (κ2) is 5.28. The first-order valence-corrected chi connectivity index (χ1v) is 5.51. The molecule has 2 N–H and O–H groups in total. The first-order valence-electron chi connectivity index (χ1n) is 4.32. The molecule has 0 radical (unpaired) electrons. The van der Waals surface area contributed by atoms with Crippen LogP contribution in [0, 0.1) is 0 Å². The highest BCUT2D eigenvalue weighted by Crippen LogP contribution is 2.20. The molecule has 1 atom stereocenters. The number of thiazole rings is 1. The monoisotopic (exact) mass is 253 g/mol. The van der Waals surface area contributed by atoms with E-state index < -0.39 is 0 Å². The van der Waals surface area contributed by atoms with Crippen LogP contribution < -0.4 is 5.73 Å². The summed E-state index contributed by atoms with van der Waals surface area (Å²) in [5.74, 6) is 0. The van der Waals surface area contributed by atoms with Gasteiger partial charge in [-0.2, -0.15) is 0 Å². The van der Waals surface area contributed by atoms with Gasteiger partial charge >= 0.3 is 0 Å². The van der Waals surface area contributed by atoms with Gasteiger partial charge in [-0.05, 0) is 6.42 Å². The van der Waals surface area contributed by atoms with Crippen molar-refractivity contribution < 1.29 is 0 Å². The van der Waals surface area contributed by atoms with Gasteiger partial charge in [0.25, 0.3) is 0 Å². The molecule has 1 saturated heterocycles. The SMILES string of the molecule is Cl.NC1CCN(Cc2cnc(Cl)s2)C1. The molecule has 6 heteroatoms. The van der Waals surface area contributed by atoms with E-state index in [0.29, 0.717) is 10.5 Å². The van der Waals surface area contributed by atoms with Crippen LogP contribution in [-0.2, 0) is 6.54 Å². The minimum absolute atomic E-state index is 0. The van der Waals surface area contributed by atoms with Crippen LogP contribution in [0.5, 0.6) is 0 Å². The number of halogens is 2. The molecule has 1 aromatic heterocycles. The molecule has 3 nitrogen and oxygen atoms in total. The molecule has 2 rings (SSSR count). The maximum Gasteiger partial charge on any atom is 0.183 e. The average Bonchev–Trinajstić information content (AvgIpc) is 2.62. The molecule has 0 saturated carbocycles. The Morgan fingerprint density at radius 1 is 1.71 bits per heavy atom. The van der Waals surface area contributed by atoms with Crippen LogP contribution in [0.4, 0.5) is 0 Å². The van der Waals surface area contributed by atoms with E-state index in [0.717, 1.165) is 26.1 Å². The average molecular weight is 254 g/mol. The van der Waals surface area contributed by atoms with Crippen LogP contribution in [0.15, 0.2) is 6.20 Å². The van der Waals surface area contributed by atoms with Gasteiger partial charge in [-0.15, -0.1) is 23.7 Å². The lowest BCUT2D eigenvalue weighted by molar-refractivity contribution is 0.329. The lowest BCUT2D eigenvalue weighted by Gasteiger charge is -2.12. The third-order valence-corrected chi connectivity index (χ3v) is 3.31. The van der Waals surface area contributed by atoms with Crippen molar-refractivity contribution >= 4 is 35.3 Å². The van der Waals surface area contributed by atoms with Gasteiger partial charge in [0.15, 0.2) is 4.47 Å². The van der Waals surface area contributed by atoms with Gasteiger partial charge in [-0.1, -0.05) is 11.6 Å². The Labute approximate surface area is 98.7 Å². The fourth-order valence-electron chi connectivity index (χ4n) is 1.58. The Morgan fingerprint density at radius 2 is 2.50 bits per heavy atom. The number of likely N-dealkylation sites (tertiary alicyclic amines) is 1. The van der Waals surface area contributed by atoms with E-state index in [2.05, 4.69) is 9.88 Å². The molecule has 0 bridgehead atoms. The summed E-state index contributed by atoms with van der Waals surface area (Å²) >= 11 is 7.29. The molecule has 0 aliphatic carbocycles. The van der Waals surface area contributed by atoms with Crippen molar-refractivity contribution in [2.75, 3.05) is 13.1 Å². The van der Waals surface area contributed by atoms with E-state index in [-0.39, 0.29) is 12.4 Å². The van der Waals surface area contributed by atoms with E-state index in [1.165, 1.54) is 4.88 Å². The molecule has 0 spiro atoms. The van der Waals surface area contributed by atoms with Crippen molar-refractivity contribution in [2.45, 2.75) is 19.0 Å². The van der Waals surface area contributed by atoms with Crippen molar-refractivity contribution in [1.82, 2.24) is 9.88 Å². The highest BCUT2D eigenvalue weighted by atomic mass is 35.5. The van der Waals surface area contributed by atoms with Gasteiger partial charge < -0.3 is 5.73 Å². The zero-order chi connectivity index (χ0) is 9.26. The predicted molar refractivity (Wildman–Crippen MR) is 62.2 cm³/mol. The Balaban J connectivity index is 0.000000980. The number of nitrogens with zero attached hydrogens (tertiary/aromatic N) is 2. The van der Waals surface area contributed by atoms with E-state index in [1.54, 1.807) is 11.3 Å². The molecule has 1 fully saturated rings. The zero-order valence-electron chi connectivity index (χ0n) is 7.65. The van der Waals surface area contributed by atoms with Gasteiger partial charge in [-0.25, -0.2) is 4.98 Å². The Kier molecular flexibility index (Phi) is 4.60. The number of nitrogens with two attached hydrogens (primary N) is 1. The Morgan fingerprint density at radius 3 is 3.00 bits per heavy atom. The molecular formula is C8H13Cl2N3S. The van der Waals surface area contributed by atoms with Crippen molar-refractivity contribution in [3.63, 3.8) is 0 Å². The minimum atomic E-state index is 0. The number of hydrogen-bond acceptors (Lipinski definition) is 4. The van der Waals surface area contributed by atoms with Crippen molar-refractivity contribution in [3.05, 3.63) is 15.5 Å². The third-order valence-electron chi connectivity index (χ3n) is 2.21. The van der Waals surface area contributed by atoms with Gasteiger partial charge in [0.1, 0.15) is 0 Å². The van der Waals surface area contributed by atoms with E-state index >= 15 is 0 Å². The summed E-state index contributed by atoms with van der Waals surface area (Å²) in [4.78, 5) is 7.57.